The van der Waals surface area contributed by atoms with Gasteiger partial charge in [-0.3, -0.25) is 0 Å². The van der Waals surface area contributed by atoms with Gasteiger partial charge in [0, 0.05) is 12.5 Å². The summed E-state index contributed by atoms with van der Waals surface area (Å²) in [7, 11) is 0. The van der Waals surface area contributed by atoms with Crippen LogP contribution in [0.3, 0.4) is 0 Å². The van der Waals surface area contributed by atoms with Gasteiger partial charge in [0.2, 0.25) is 6.08 Å². The quantitative estimate of drug-likeness (QED) is 0.474. The maximum absolute atomic E-state index is 10.1. The van der Waals surface area contributed by atoms with Gasteiger partial charge in [0.15, 0.2) is 0 Å². The van der Waals surface area contributed by atoms with Crippen LogP contribution in [0.25, 0.3) is 0 Å². The summed E-state index contributed by atoms with van der Waals surface area (Å²) in [6.45, 7) is 3.65. The minimum absolute atomic E-state index is 0.128. The van der Waals surface area contributed by atoms with E-state index in [4.69, 9.17) is 4.74 Å². The smallest absolute Gasteiger partial charge is 0.235 e. The molecule has 0 aromatic carbocycles. The van der Waals surface area contributed by atoms with E-state index in [2.05, 4.69) is 4.99 Å². The van der Waals surface area contributed by atoms with Gasteiger partial charge in [0.05, 0.1) is 12.6 Å². The van der Waals surface area contributed by atoms with Crippen molar-refractivity contribution in [3.8, 4) is 0 Å². The molecule has 68 valence electrons. The van der Waals surface area contributed by atoms with Crippen molar-refractivity contribution >= 4 is 6.08 Å². The molecule has 1 aliphatic heterocycles. The van der Waals surface area contributed by atoms with Crippen LogP contribution < -0.4 is 0 Å². The van der Waals surface area contributed by atoms with Crippen molar-refractivity contribution < 1.29 is 9.53 Å². The van der Waals surface area contributed by atoms with Crippen LogP contribution in [-0.2, 0) is 9.53 Å². The third kappa shape index (κ3) is 2.43. The second kappa shape index (κ2) is 5.07. The normalized spacial score (nSPS) is 25.9. The highest BCUT2D eigenvalue weighted by Gasteiger charge is 2.22. The van der Waals surface area contributed by atoms with Crippen LogP contribution in [-0.4, -0.2) is 25.3 Å². The predicted octanol–water partition coefficient (Wildman–Crippen LogP) is 1.53. The summed E-state index contributed by atoms with van der Waals surface area (Å²) in [6.07, 6.45) is 4.76. The lowest BCUT2D eigenvalue weighted by molar-refractivity contribution is 0.0448. The van der Waals surface area contributed by atoms with Gasteiger partial charge in [-0.15, -0.1) is 0 Å². The molecule has 1 rings (SSSR count). The molecule has 3 heteroatoms. The molecule has 0 spiro atoms. The zero-order valence-corrected chi connectivity index (χ0v) is 7.45. The molecule has 2 atom stereocenters. The lowest BCUT2D eigenvalue weighted by atomic mass is 9.93. The van der Waals surface area contributed by atoms with Gasteiger partial charge in [0.1, 0.15) is 0 Å². The van der Waals surface area contributed by atoms with E-state index in [0.29, 0.717) is 5.92 Å². The molecule has 12 heavy (non-hydrogen) atoms. The van der Waals surface area contributed by atoms with Crippen LogP contribution in [0.4, 0.5) is 0 Å². The first kappa shape index (κ1) is 9.43. The minimum atomic E-state index is 0.128. The lowest BCUT2D eigenvalue weighted by Crippen LogP contribution is -2.27. The zero-order valence-electron chi connectivity index (χ0n) is 7.45. The second-order valence-electron chi connectivity index (χ2n) is 3.17. The number of carbonyl (C=O) groups excluding carboxylic acids is 1. The maximum Gasteiger partial charge on any atom is 0.235 e. The Kier molecular flexibility index (Phi) is 3.98. The molecule has 0 aromatic heterocycles. The topological polar surface area (TPSA) is 38.7 Å². The Hall–Kier alpha value is -0.660. The molecule has 0 bridgehead atoms. The molecule has 0 aromatic rings. The number of hydrogen-bond acceptors (Lipinski definition) is 3. The summed E-state index contributed by atoms with van der Waals surface area (Å²) >= 11 is 0. The average molecular weight is 169 g/mol. The van der Waals surface area contributed by atoms with E-state index < -0.39 is 0 Å². The number of rotatable bonds is 3. The zero-order chi connectivity index (χ0) is 8.81. The molecule has 0 N–H and O–H groups in total. The second-order valence-corrected chi connectivity index (χ2v) is 3.17. The Morgan fingerprint density at radius 3 is 3.08 bits per heavy atom. The van der Waals surface area contributed by atoms with Gasteiger partial charge in [-0.2, -0.15) is 0 Å². The molecule has 0 aliphatic carbocycles. The van der Waals surface area contributed by atoms with Crippen molar-refractivity contribution in [2.45, 2.75) is 32.2 Å². The third-order valence-corrected chi connectivity index (χ3v) is 2.38. The molecule has 3 nitrogen and oxygen atoms in total. The van der Waals surface area contributed by atoms with Gasteiger partial charge in [-0.05, 0) is 19.3 Å². The van der Waals surface area contributed by atoms with Crippen LogP contribution in [0.15, 0.2) is 4.99 Å². The highest BCUT2D eigenvalue weighted by atomic mass is 16.5. The van der Waals surface area contributed by atoms with E-state index >= 15 is 0 Å². The average Bonchev–Trinajstić information content (AvgIpc) is 2.15. The maximum atomic E-state index is 10.1. The summed E-state index contributed by atoms with van der Waals surface area (Å²) < 4.78 is 5.32. The van der Waals surface area contributed by atoms with Crippen LogP contribution in [0, 0.1) is 5.92 Å². The van der Waals surface area contributed by atoms with Crippen molar-refractivity contribution in [2.75, 3.05) is 13.2 Å². The Bertz CT molecular complexity index is 169. The number of ether oxygens (including phenoxy) is 1. The first-order valence-corrected chi connectivity index (χ1v) is 4.53. The van der Waals surface area contributed by atoms with E-state index in [1.165, 1.54) is 0 Å². The summed E-state index contributed by atoms with van der Waals surface area (Å²) in [5.41, 5.74) is 0. The highest BCUT2D eigenvalue weighted by Crippen LogP contribution is 2.21. The Balaban J connectivity index is 2.45. The van der Waals surface area contributed by atoms with Crippen LogP contribution in [0.5, 0.6) is 0 Å². The van der Waals surface area contributed by atoms with Crippen LogP contribution in [0.2, 0.25) is 0 Å². The van der Waals surface area contributed by atoms with E-state index in [1.807, 2.05) is 6.92 Å². The molecular formula is C9H15NO2. The first-order chi connectivity index (χ1) is 5.88. The summed E-state index contributed by atoms with van der Waals surface area (Å²) in [4.78, 5) is 13.9. The molecule has 1 saturated heterocycles. The Morgan fingerprint density at radius 1 is 1.75 bits per heavy atom. The first-order valence-electron chi connectivity index (χ1n) is 4.53. The van der Waals surface area contributed by atoms with Crippen molar-refractivity contribution in [3.05, 3.63) is 0 Å². The number of aliphatic imine (C=N–C) groups is 1. The molecule has 1 fully saturated rings. The number of isocyanates is 1. The molecule has 1 heterocycles. The molecule has 0 radical (unpaired) electrons. The van der Waals surface area contributed by atoms with E-state index in [0.717, 1.165) is 32.5 Å². The van der Waals surface area contributed by atoms with Gasteiger partial charge in [-0.1, -0.05) is 6.92 Å². The highest BCUT2D eigenvalue weighted by molar-refractivity contribution is 5.33. The molecule has 1 unspecified atom stereocenters. The van der Waals surface area contributed by atoms with E-state index in [1.54, 1.807) is 6.08 Å². The van der Waals surface area contributed by atoms with E-state index in [9.17, 15) is 4.79 Å². The third-order valence-electron chi connectivity index (χ3n) is 2.38. The predicted molar refractivity (Wildman–Crippen MR) is 45.7 cm³/mol. The summed E-state index contributed by atoms with van der Waals surface area (Å²) in [5.74, 6) is 0.435. The standard InChI is InChI=1S/C9H15NO2/c1-2-9(10-7-11)8-4-3-5-12-6-8/h8-9H,2-6H2,1H3/t8?,9-/m1/s1. The van der Waals surface area contributed by atoms with Crippen LogP contribution >= 0.6 is 0 Å². The molecule has 1 aliphatic rings. The fourth-order valence-corrected chi connectivity index (χ4v) is 1.67. The Labute approximate surface area is 72.8 Å². The molecule has 0 saturated carbocycles. The van der Waals surface area contributed by atoms with Crippen molar-refractivity contribution in [2.24, 2.45) is 10.9 Å². The van der Waals surface area contributed by atoms with Crippen LogP contribution in [0.1, 0.15) is 26.2 Å². The Morgan fingerprint density at radius 2 is 2.58 bits per heavy atom. The molecular weight excluding hydrogens is 154 g/mol. The van der Waals surface area contributed by atoms with Crippen molar-refractivity contribution in [1.82, 2.24) is 0 Å². The summed E-state index contributed by atoms with van der Waals surface area (Å²) in [6, 6.07) is 0.128. The summed E-state index contributed by atoms with van der Waals surface area (Å²) in [5, 5.41) is 0. The SMILES string of the molecule is CC[C@@H](N=C=O)C1CCCOC1. The van der Waals surface area contributed by atoms with Gasteiger partial charge >= 0.3 is 0 Å². The fraction of sp³-hybridized carbons (Fsp3) is 0.889. The van der Waals surface area contributed by atoms with Crippen molar-refractivity contribution in [1.29, 1.82) is 0 Å². The largest absolute Gasteiger partial charge is 0.381 e. The van der Waals surface area contributed by atoms with Gasteiger partial charge < -0.3 is 4.74 Å². The van der Waals surface area contributed by atoms with Gasteiger partial charge in [-0.25, -0.2) is 9.79 Å². The van der Waals surface area contributed by atoms with Gasteiger partial charge in [0.25, 0.3) is 0 Å². The van der Waals surface area contributed by atoms with Crippen molar-refractivity contribution in [3.63, 3.8) is 0 Å². The lowest BCUT2D eigenvalue weighted by Gasteiger charge is -2.25. The number of hydrogen-bond donors (Lipinski definition) is 0. The molecule has 0 amide bonds. The van der Waals surface area contributed by atoms with E-state index in [-0.39, 0.29) is 6.04 Å². The minimum Gasteiger partial charge on any atom is -0.381 e. The number of nitrogens with zero attached hydrogens (tertiary/aromatic N) is 1. The fourth-order valence-electron chi connectivity index (χ4n) is 1.67. The monoisotopic (exact) mass is 169 g/mol.